The first-order chi connectivity index (χ1) is 6.49. The Labute approximate surface area is 90.5 Å². The molecule has 0 aliphatic carbocycles. The van der Waals surface area contributed by atoms with Crippen LogP contribution in [0.15, 0.2) is 27.6 Å². The lowest BCUT2D eigenvalue weighted by Gasteiger charge is -2.06. The second kappa shape index (κ2) is 4.37. The van der Waals surface area contributed by atoms with Crippen molar-refractivity contribution in [2.24, 2.45) is 0 Å². The van der Waals surface area contributed by atoms with E-state index in [1.54, 1.807) is 6.92 Å². The Morgan fingerprint density at radius 3 is 2.71 bits per heavy atom. The highest BCUT2D eigenvalue weighted by Crippen LogP contribution is 2.24. The molecule has 14 heavy (non-hydrogen) atoms. The first kappa shape index (κ1) is 11.6. The lowest BCUT2D eigenvalue weighted by molar-refractivity contribution is 0.577. The molecule has 0 radical (unpaired) electrons. The first-order valence-corrected chi connectivity index (χ1v) is 6.20. The molecule has 0 spiro atoms. The molecule has 0 heterocycles. The van der Waals surface area contributed by atoms with E-state index in [-0.39, 0.29) is 15.9 Å². The van der Waals surface area contributed by atoms with Crippen molar-refractivity contribution in [1.29, 1.82) is 0 Å². The van der Waals surface area contributed by atoms with E-state index in [2.05, 4.69) is 20.7 Å². The first-order valence-electron chi connectivity index (χ1n) is 3.92. The summed E-state index contributed by atoms with van der Waals surface area (Å²) in [7, 11) is -3.60. The average Bonchev–Trinajstić information content (AvgIpc) is 2.09. The van der Waals surface area contributed by atoms with Crippen LogP contribution < -0.4 is 4.72 Å². The molecule has 1 aromatic rings. The fourth-order valence-corrected chi connectivity index (χ4v) is 2.99. The van der Waals surface area contributed by atoms with E-state index < -0.39 is 15.8 Å². The summed E-state index contributed by atoms with van der Waals surface area (Å²) >= 11 is 2.89. The minimum atomic E-state index is -3.60. The van der Waals surface area contributed by atoms with E-state index in [0.717, 1.165) is 0 Å². The number of hydrogen-bond acceptors (Lipinski definition) is 2. The van der Waals surface area contributed by atoms with Crippen molar-refractivity contribution >= 4 is 26.0 Å². The van der Waals surface area contributed by atoms with Crippen LogP contribution in [0.4, 0.5) is 4.39 Å². The summed E-state index contributed by atoms with van der Waals surface area (Å²) in [5.74, 6) is -0.594. The molecule has 0 saturated carbocycles. The lowest BCUT2D eigenvalue weighted by Crippen LogP contribution is -2.23. The van der Waals surface area contributed by atoms with Gasteiger partial charge in [0, 0.05) is 6.54 Å². The van der Waals surface area contributed by atoms with Crippen molar-refractivity contribution in [3.63, 3.8) is 0 Å². The van der Waals surface area contributed by atoms with Gasteiger partial charge in [0.15, 0.2) is 0 Å². The van der Waals surface area contributed by atoms with Gasteiger partial charge in [-0.05, 0) is 28.1 Å². The Morgan fingerprint density at radius 1 is 1.50 bits per heavy atom. The summed E-state index contributed by atoms with van der Waals surface area (Å²) in [5, 5.41) is 0. The summed E-state index contributed by atoms with van der Waals surface area (Å²) in [6.45, 7) is 1.93. The van der Waals surface area contributed by atoms with Crippen LogP contribution in [0, 0.1) is 5.82 Å². The minimum Gasteiger partial charge on any atom is -0.211 e. The molecule has 0 atom stereocenters. The van der Waals surface area contributed by atoms with Gasteiger partial charge in [-0.25, -0.2) is 17.5 Å². The number of nitrogens with one attached hydrogen (secondary N) is 1. The number of halogens is 2. The van der Waals surface area contributed by atoms with Gasteiger partial charge in [0.2, 0.25) is 10.0 Å². The molecule has 6 heteroatoms. The molecule has 0 aliphatic rings. The normalized spacial score (nSPS) is 11.6. The monoisotopic (exact) mass is 281 g/mol. The molecule has 0 bridgehead atoms. The highest BCUT2D eigenvalue weighted by Gasteiger charge is 2.18. The zero-order valence-corrected chi connectivity index (χ0v) is 9.82. The van der Waals surface area contributed by atoms with Crippen LogP contribution in [-0.2, 0) is 10.0 Å². The zero-order chi connectivity index (χ0) is 10.8. The van der Waals surface area contributed by atoms with Gasteiger partial charge in [-0.2, -0.15) is 0 Å². The summed E-state index contributed by atoms with van der Waals surface area (Å²) in [6, 6.07) is 3.88. The molecule has 3 nitrogen and oxygen atoms in total. The molecular formula is C8H9BrFNO2S. The van der Waals surface area contributed by atoms with E-state index in [1.165, 1.54) is 18.2 Å². The number of hydrogen-bond donors (Lipinski definition) is 1. The molecular weight excluding hydrogens is 273 g/mol. The summed E-state index contributed by atoms with van der Waals surface area (Å²) < 4.78 is 38.2. The standard InChI is InChI=1S/C8H9BrFNO2S/c1-2-11-14(12,13)7-5-3-4-6(10)8(7)9/h3-5,11H,2H2,1H3. The van der Waals surface area contributed by atoms with E-state index in [4.69, 9.17) is 0 Å². The molecule has 0 amide bonds. The van der Waals surface area contributed by atoms with E-state index in [0.29, 0.717) is 0 Å². The van der Waals surface area contributed by atoms with Crippen LogP contribution in [0.1, 0.15) is 6.92 Å². The van der Waals surface area contributed by atoms with Crippen molar-refractivity contribution in [3.8, 4) is 0 Å². The highest BCUT2D eigenvalue weighted by atomic mass is 79.9. The number of sulfonamides is 1. The molecule has 0 saturated heterocycles. The van der Waals surface area contributed by atoms with Gasteiger partial charge in [-0.15, -0.1) is 0 Å². The third-order valence-corrected chi connectivity index (χ3v) is 4.20. The third-order valence-electron chi connectivity index (χ3n) is 1.54. The largest absolute Gasteiger partial charge is 0.241 e. The van der Waals surface area contributed by atoms with Gasteiger partial charge in [-0.3, -0.25) is 0 Å². The quantitative estimate of drug-likeness (QED) is 0.920. The fraction of sp³-hybridized carbons (Fsp3) is 0.250. The van der Waals surface area contributed by atoms with Crippen molar-refractivity contribution in [1.82, 2.24) is 4.72 Å². The highest BCUT2D eigenvalue weighted by molar-refractivity contribution is 9.10. The van der Waals surface area contributed by atoms with Gasteiger partial charge in [0.05, 0.1) is 9.37 Å². The van der Waals surface area contributed by atoms with Crippen molar-refractivity contribution in [3.05, 3.63) is 28.5 Å². The summed E-state index contributed by atoms with van der Waals surface area (Å²) in [5.41, 5.74) is 0. The number of benzene rings is 1. The molecule has 78 valence electrons. The van der Waals surface area contributed by atoms with Crippen LogP contribution >= 0.6 is 15.9 Å². The van der Waals surface area contributed by atoms with Crippen LogP contribution in [0.25, 0.3) is 0 Å². The molecule has 0 aromatic heterocycles. The van der Waals surface area contributed by atoms with Crippen LogP contribution in [0.3, 0.4) is 0 Å². The SMILES string of the molecule is CCNS(=O)(=O)c1cccc(F)c1Br. The molecule has 0 aliphatic heterocycles. The van der Waals surface area contributed by atoms with Crippen molar-refractivity contribution in [2.75, 3.05) is 6.54 Å². The van der Waals surface area contributed by atoms with Crippen LogP contribution in [-0.4, -0.2) is 15.0 Å². The minimum absolute atomic E-state index is 0.0408. The van der Waals surface area contributed by atoms with Gasteiger partial charge >= 0.3 is 0 Å². The molecule has 1 N–H and O–H groups in total. The average molecular weight is 282 g/mol. The predicted molar refractivity (Wildman–Crippen MR) is 55.0 cm³/mol. The van der Waals surface area contributed by atoms with Gasteiger partial charge in [0.25, 0.3) is 0 Å². The van der Waals surface area contributed by atoms with E-state index in [1.807, 2.05) is 0 Å². The van der Waals surface area contributed by atoms with E-state index in [9.17, 15) is 12.8 Å². The van der Waals surface area contributed by atoms with Crippen molar-refractivity contribution in [2.45, 2.75) is 11.8 Å². The van der Waals surface area contributed by atoms with Gasteiger partial charge in [-0.1, -0.05) is 13.0 Å². The second-order valence-corrected chi connectivity index (χ2v) is 5.08. The molecule has 0 fully saturated rings. The Balaban J connectivity index is 3.27. The molecule has 0 unspecified atom stereocenters. The zero-order valence-electron chi connectivity index (χ0n) is 7.42. The predicted octanol–water partition coefficient (Wildman–Crippen LogP) is 1.89. The lowest BCUT2D eigenvalue weighted by atomic mass is 10.3. The van der Waals surface area contributed by atoms with E-state index >= 15 is 0 Å². The molecule has 1 rings (SSSR count). The summed E-state index contributed by atoms with van der Waals surface area (Å²) in [4.78, 5) is -0.0839. The second-order valence-electron chi connectivity index (χ2n) is 2.55. The van der Waals surface area contributed by atoms with Crippen LogP contribution in [0.5, 0.6) is 0 Å². The maximum absolute atomic E-state index is 13.0. The Hall–Kier alpha value is -0.460. The van der Waals surface area contributed by atoms with Gasteiger partial charge < -0.3 is 0 Å². The maximum Gasteiger partial charge on any atom is 0.241 e. The molecule has 1 aromatic carbocycles. The maximum atomic E-state index is 13.0. The third kappa shape index (κ3) is 2.31. The Morgan fingerprint density at radius 2 is 2.14 bits per heavy atom. The Bertz CT molecular complexity index is 433. The smallest absolute Gasteiger partial charge is 0.211 e. The Kier molecular flexibility index (Phi) is 3.63. The van der Waals surface area contributed by atoms with Gasteiger partial charge in [0.1, 0.15) is 5.82 Å². The topological polar surface area (TPSA) is 46.2 Å². The number of rotatable bonds is 3. The summed E-state index contributed by atoms with van der Waals surface area (Å²) in [6.07, 6.45) is 0. The van der Waals surface area contributed by atoms with Crippen molar-refractivity contribution < 1.29 is 12.8 Å². The fourth-order valence-electron chi connectivity index (χ4n) is 0.959. The van der Waals surface area contributed by atoms with Crippen LogP contribution in [0.2, 0.25) is 0 Å².